The first-order valence-corrected chi connectivity index (χ1v) is 8.80. The molecule has 28 heavy (non-hydrogen) atoms. The zero-order valence-electron chi connectivity index (χ0n) is 15.1. The van der Waals surface area contributed by atoms with Gasteiger partial charge in [-0.25, -0.2) is 0 Å². The van der Waals surface area contributed by atoms with Gasteiger partial charge in [-0.1, -0.05) is 23.7 Å². The van der Waals surface area contributed by atoms with E-state index in [1.54, 1.807) is 25.1 Å². The van der Waals surface area contributed by atoms with E-state index in [1.165, 1.54) is 6.07 Å². The molecule has 0 heterocycles. The number of nitrogens with zero attached hydrogens (tertiary/aromatic N) is 3. The molecule has 0 aliphatic heterocycles. The highest BCUT2D eigenvalue weighted by molar-refractivity contribution is 5.85. The lowest BCUT2D eigenvalue weighted by molar-refractivity contribution is -0.394. The molecular weight excluding hydrogens is 366 g/mol. The van der Waals surface area contributed by atoms with Crippen LogP contribution in [-0.4, -0.2) is 20.7 Å². The van der Waals surface area contributed by atoms with Gasteiger partial charge in [0.1, 0.15) is 5.75 Å². The van der Waals surface area contributed by atoms with Crippen LogP contribution in [0.1, 0.15) is 37.7 Å². The van der Waals surface area contributed by atoms with Crippen LogP contribution < -0.4 is 4.84 Å². The number of hydrogen-bond donors (Lipinski definition) is 1. The van der Waals surface area contributed by atoms with Crippen LogP contribution in [0.15, 0.2) is 47.6 Å². The van der Waals surface area contributed by atoms with E-state index in [0.717, 1.165) is 37.0 Å². The van der Waals surface area contributed by atoms with Crippen LogP contribution in [0.25, 0.3) is 0 Å². The van der Waals surface area contributed by atoms with E-state index in [0.29, 0.717) is 5.71 Å². The molecule has 2 aromatic carbocycles. The maximum atomic E-state index is 11.2. The summed E-state index contributed by atoms with van der Waals surface area (Å²) in [6.45, 7) is 1.79. The summed E-state index contributed by atoms with van der Waals surface area (Å²) in [4.78, 5) is 25.9. The second kappa shape index (κ2) is 8.03. The van der Waals surface area contributed by atoms with Crippen molar-refractivity contribution in [1.82, 2.24) is 0 Å². The number of hydrogen-bond acceptors (Lipinski definition) is 7. The molecule has 1 aliphatic rings. The van der Waals surface area contributed by atoms with E-state index in [4.69, 9.17) is 4.84 Å². The van der Waals surface area contributed by atoms with Gasteiger partial charge in [0.2, 0.25) is 5.75 Å². The molecule has 1 fully saturated rings. The van der Waals surface area contributed by atoms with E-state index in [2.05, 4.69) is 5.16 Å². The van der Waals surface area contributed by atoms with Crippen molar-refractivity contribution in [1.29, 1.82) is 0 Å². The third kappa shape index (κ3) is 4.08. The lowest BCUT2D eigenvalue weighted by atomic mass is 9.86. The summed E-state index contributed by atoms with van der Waals surface area (Å²) in [6, 6.07) is 10.3. The molecule has 0 amide bonds. The van der Waals surface area contributed by atoms with Crippen molar-refractivity contribution in [3.63, 3.8) is 0 Å². The highest BCUT2D eigenvalue weighted by Gasteiger charge is 2.31. The monoisotopic (exact) mass is 385 g/mol. The standard InChI is InChI=1S/C19H19N3O6/c1-12(16-6-3-7-17(16)13-4-2-5-15(23)10-13)20-28-19-9-8-14(21(24)25)11-18(19)22(26)27/h2,4-5,8-11,16-17,23H,3,6-7H2,1H3/b20-12+/t16-,17+/m1/s1. The molecule has 1 saturated carbocycles. The number of phenols is 1. The second-order valence-corrected chi connectivity index (χ2v) is 6.73. The summed E-state index contributed by atoms with van der Waals surface area (Å²) in [6.07, 6.45) is 2.83. The van der Waals surface area contributed by atoms with Crippen LogP contribution in [0, 0.1) is 26.1 Å². The van der Waals surface area contributed by atoms with Crippen LogP contribution in [0.2, 0.25) is 0 Å². The van der Waals surface area contributed by atoms with Crippen LogP contribution in [0.5, 0.6) is 11.5 Å². The van der Waals surface area contributed by atoms with E-state index in [1.807, 2.05) is 6.07 Å². The van der Waals surface area contributed by atoms with E-state index < -0.39 is 15.5 Å². The number of aromatic hydroxyl groups is 1. The Morgan fingerprint density at radius 1 is 1.14 bits per heavy atom. The van der Waals surface area contributed by atoms with Gasteiger partial charge >= 0.3 is 5.69 Å². The Bertz CT molecular complexity index is 943. The van der Waals surface area contributed by atoms with E-state index in [-0.39, 0.29) is 29.0 Å². The quantitative estimate of drug-likeness (QED) is 0.441. The first-order chi connectivity index (χ1) is 13.4. The van der Waals surface area contributed by atoms with E-state index >= 15 is 0 Å². The minimum absolute atomic E-state index is 0.0823. The molecule has 146 valence electrons. The third-order valence-corrected chi connectivity index (χ3v) is 4.99. The number of nitro groups is 2. The van der Waals surface area contributed by atoms with Crippen LogP contribution in [-0.2, 0) is 0 Å². The summed E-state index contributed by atoms with van der Waals surface area (Å²) < 4.78 is 0. The lowest BCUT2D eigenvalue weighted by Gasteiger charge is -2.19. The fourth-order valence-corrected chi connectivity index (χ4v) is 3.64. The number of benzene rings is 2. The summed E-state index contributed by atoms with van der Waals surface area (Å²) in [7, 11) is 0. The average molecular weight is 385 g/mol. The zero-order valence-corrected chi connectivity index (χ0v) is 15.1. The van der Waals surface area contributed by atoms with Crippen molar-refractivity contribution in [2.45, 2.75) is 32.1 Å². The van der Waals surface area contributed by atoms with Gasteiger partial charge in [-0.2, -0.15) is 0 Å². The molecular formula is C19H19N3O6. The number of non-ortho nitro benzene ring substituents is 1. The van der Waals surface area contributed by atoms with Gasteiger partial charge in [0, 0.05) is 12.0 Å². The number of nitro benzene ring substituents is 2. The fourth-order valence-electron chi connectivity index (χ4n) is 3.64. The molecule has 3 rings (SSSR count). The highest BCUT2D eigenvalue weighted by Crippen LogP contribution is 2.41. The molecule has 0 bridgehead atoms. The van der Waals surface area contributed by atoms with Gasteiger partial charge in [-0.15, -0.1) is 0 Å². The van der Waals surface area contributed by atoms with Gasteiger partial charge in [0.15, 0.2) is 0 Å². The Hall–Kier alpha value is -3.49. The molecule has 9 heteroatoms. The molecule has 0 radical (unpaired) electrons. The number of phenolic OH excluding ortho intramolecular Hbond substituents is 1. The molecule has 0 spiro atoms. The van der Waals surface area contributed by atoms with Gasteiger partial charge in [-0.3, -0.25) is 20.2 Å². The maximum Gasteiger partial charge on any atom is 0.321 e. The smallest absolute Gasteiger partial charge is 0.321 e. The normalized spacial score (nSPS) is 19.4. The molecule has 1 aliphatic carbocycles. The first kappa shape index (κ1) is 19.3. The molecule has 0 unspecified atom stereocenters. The van der Waals surface area contributed by atoms with Crippen LogP contribution >= 0.6 is 0 Å². The van der Waals surface area contributed by atoms with Gasteiger partial charge in [0.05, 0.1) is 21.6 Å². The lowest BCUT2D eigenvalue weighted by Crippen LogP contribution is -2.16. The van der Waals surface area contributed by atoms with Crippen LogP contribution in [0.3, 0.4) is 0 Å². The van der Waals surface area contributed by atoms with Gasteiger partial charge in [0.25, 0.3) is 5.69 Å². The predicted octanol–water partition coefficient (Wildman–Crippen LogP) is 4.55. The number of rotatable bonds is 6. The molecule has 0 aromatic heterocycles. The molecule has 2 atom stereocenters. The summed E-state index contributed by atoms with van der Waals surface area (Å²) >= 11 is 0. The van der Waals surface area contributed by atoms with Crippen molar-refractivity contribution in [2.24, 2.45) is 11.1 Å². The molecule has 0 saturated heterocycles. The van der Waals surface area contributed by atoms with Gasteiger partial charge in [-0.05, 0) is 49.4 Å². The largest absolute Gasteiger partial charge is 0.508 e. The SMILES string of the molecule is C/C(=N\Oc1ccc([N+](=O)[O-])cc1[N+](=O)[O-])[C@H]1CCC[C@H]1c1cccc(O)c1. The Morgan fingerprint density at radius 3 is 2.61 bits per heavy atom. The summed E-state index contributed by atoms with van der Waals surface area (Å²) in [5.74, 6) is 0.308. The Kier molecular flexibility index (Phi) is 5.53. The minimum Gasteiger partial charge on any atom is -0.508 e. The van der Waals surface area contributed by atoms with Gasteiger partial charge < -0.3 is 9.94 Å². The number of oxime groups is 1. The predicted molar refractivity (Wildman–Crippen MR) is 102 cm³/mol. The summed E-state index contributed by atoms with van der Waals surface area (Å²) in [5, 5.41) is 35.8. The molecule has 9 nitrogen and oxygen atoms in total. The van der Waals surface area contributed by atoms with Crippen LogP contribution in [0.4, 0.5) is 11.4 Å². The van der Waals surface area contributed by atoms with Crippen molar-refractivity contribution in [3.8, 4) is 11.5 Å². The minimum atomic E-state index is -0.738. The van der Waals surface area contributed by atoms with Crippen molar-refractivity contribution in [3.05, 3.63) is 68.3 Å². The topological polar surface area (TPSA) is 128 Å². The Balaban J connectivity index is 1.82. The van der Waals surface area contributed by atoms with E-state index in [9.17, 15) is 25.3 Å². The fraction of sp³-hybridized carbons (Fsp3) is 0.316. The highest BCUT2D eigenvalue weighted by atomic mass is 16.7. The van der Waals surface area contributed by atoms with Crippen molar-refractivity contribution >= 4 is 17.1 Å². The second-order valence-electron chi connectivity index (χ2n) is 6.73. The van der Waals surface area contributed by atoms with Crippen molar-refractivity contribution < 1.29 is 19.8 Å². The first-order valence-electron chi connectivity index (χ1n) is 8.80. The summed E-state index contributed by atoms with van der Waals surface area (Å²) in [5.41, 5.74) is 0.790. The zero-order chi connectivity index (χ0) is 20.3. The van der Waals surface area contributed by atoms with Crippen molar-refractivity contribution in [2.75, 3.05) is 0 Å². The molecule has 1 N–H and O–H groups in total. The third-order valence-electron chi connectivity index (χ3n) is 4.99. The Labute approximate surface area is 160 Å². The Morgan fingerprint density at radius 2 is 1.93 bits per heavy atom. The maximum absolute atomic E-state index is 11.2. The average Bonchev–Trinajstić information content (AvgIpc) is 3.15. The molecule has 2 aromatic rings.